The van der Waals surface area contributed by atoms with Crippen LogP contribution in [0.5, 0.6) is 5.75 Å². The molecule has 0 fully saturated rings. The van der Waals surface area contributed by atoms with Crippen molar-refractivity contribution >= 4 is 50.7 Å². The van der Waals surface area contributed by atoms with E-state index in [2.05, 4.69) is 5.32 Å². The molecule has 220 valence electrons. The van der Waals surface area contributed by atoms with Crippen molar-refractivity contribution in [1.82, 2.24) is 10.2 Å². The van der Waals surface area contributed by atoms with Crippen molar-refractivity contribution in [2.75, 3.05) is 18.0 Å². The zero-order valence-electron chi connectivity index (χ0n) is 23.7. The molecule has 0 heterocycles. The Morgan fingerprint density at radius 3 is 2.24 bits per heavy atom. The van der Waals surface area contributed by atoms with E-state index in [0.29, 0.717) is 22.0 Å². The number of hydrogen-bond donors (Lipinski definition) is 1. The largest absolute Gasteiger partial charge is 0.495 e. The number of rotatable bonds is 12. The molecule has 11 heteroatoms. The van der Waals surface area contributed by atoms with Crippen LogP contribution < -0.4 is 14.4 Å². The molecular formula is C30H35Cl2N3O5S. The molecule has 0 unspecified atom stereocenters. The van der Waals surface area contributed by atoms with Crippen molar-refractivity contribution in [3.63, 3.8) is 0 Å². The van der Waals surface area contributed by atoms with E-state index in [1.807, 2.05) is 20.8 Å². The minimum absolute atomic E-state index is 0.00389. The molecule has 8 nitrogen and oxygen atoms in total. The predicted octanol–water partition coefficient (Wildman–Crippen LogP) is 5.84. The van der Waals surface area contributed by atoms with Crippen molar-refractivity contribution in [2.45, 2.75) is 57.6 Å². The Morgan fingerprint density at radius 2 is 1.66 bits per heavy atom. The molecule has 1 N–H and O–H groups in total. The first kappa shape index (κ1) is 32.2. The molecule has 3 aromatic carbocycles. The molecule has 0 bridgehead atoms. The van der Waals surface area contributed by atoms with E-state index in [1.165, 1.54) is 24.1 Å². The number of amides is 2. The number of hydrogen-bond acceptors (Lipinski definition) is 5. The van der Waals surface area contributed by atoms with Gasteiger partial charge in [-0.15, -0.1) is 0 Å². The summed E-state index contributed by atoms with van der Waals surface area (Å²) in [5.74, 6) is -0.644. The summed E-state index contributed by atoms with van der Waals surface area (Å²) in [5, 5.41) is 3.52. The SMILES string of the molecule is CC[C@@H](C(=O)NC(C)C)N(Cc1ccc(Cl)c(Cl)c1)C(=O)CN(c1cc(C)ccc1OC)S(=O)(=O)c1ccccc1. The number of carbonyl (C=O) groups is 2. The maximum Gasteiger partial charge on any atom is 0.264 e. The highest BCUT2D eigenvalue weighted by molar-refractivity contribution is 7.92. The third kappa shape index (κ3) is 7.93. The van der Waals surface area contributed by atoms with Crippen LogP contribution in [0, 0.1) is 6.92 Å². The summed E-state index contributed by atoms with van der Waals surface area (Å²) in [7, 11) is -2.79. The lowest BCUT2D eigenvalue weighted by Crippen LogP contribution is -2.53. The first-order valence-corrected chi connectivity index (χ1v) is 15.3. The maximum absolute atomic E-state index is 14.2. The van der Waals surface area contributed by atoms with Crippen molar-refractivity contribution in [3.8, 4) is 5.75 Å². The van der Waals surface area contributed by atoms with E-state index in [0.717, 1.165) is 9.87 Å². The monoisotopic (exact) mass is 619 g/mol. The van der Waals surface area contributed by atoms with Gasteiger partial charge in [-0.1, -0.05) is 60.5 Å². The molecule has 0 aliphatic rings. The van der Waals surface area contributed by atoms with Crippen LogP contribution in [0.25, 0.3) is 0 Å². The van der Waals surface area contributed by atoms with Crippen LogP contribution in [0.1, 0.15) is 38.3 Å². The topological polar surface area (TPSA) is 96.0 Å². The fourth-order valence-electron chi connectivity index (χ4n) is 4.36. The Kier molecular flexibility index (Phi) is 11.1. The van der Waals surface area contributed by atoms with Gasteiger partial charge in [0.2, 0.25) is 11.8 Å². The van der Waals surface area contributed by atoms with Crippen molar-refractivity contribution < 1.29 is 22.7 Å². The number of ether oxygens (including phenoxy) is 1. The molecule has 0 spiro atoms. The summed E-state index contributed by atoms with van der Waals surface area (Å²) in [5.41, 5.74) is 1.62. The number of methoxy groups -OCH3 is 1. The van der Waals surface area contributed by atoms with Gasteiger partial charge in [0, 0.05) is 12.6 Å². The molecule has 0 aromatic heterocycles. The van der Waals surface area contributed by atoms with E-state index < -0.39 is 28.5 Å². The number of halogens is 2. The Bertz CT molecular complexity index is 1480. The number of sulfonamides is 1. The second-order valence-corrected chi connectivity index (χ2v) is 12.5. The number of nitrogens with one attached hydrogen (secondary N) is 1. The predicted molar refractivity (Wildman–Crippen MR) is 163 cm³/mol. The van der Waals surface area contributed by atoms with Gasteiger partial charge in [0.05, 0.1) is 27.7 Å². The highest BCUT2D eigenvalue weighted by Crippen LogP contribution is 2.34. The summed E-state index contributed by atoms with van der Waals surface area (Å²) in [6.07, 6.45) is 0.296. The number of benzene rings is 3. The molecule has 41 heavy (non-hydrogen) atoms. The van der Waals surface area contributed by atoms with Crippen molar-refractivity contribution in [3.05, 3.63) is 87.9 Å². The molecule has 0 aliphatic heterocycles. The second kappa shape index (κ2) is 14.1. The lowest BCUT2D eigenvalue weighted by atomic mass is 10.1. The Balaban J connectivity index is 2.13. The molecule has 3 rings (SSSR count). The van der Waals surface area contributed by atoms with E-state index in [9.17, 15) is 18.0 Å². The minimum atomic E-state index is -4.22. The van der Waals surface area contributed by atoms with Crippen LogP contribution in [0.2, 0.25) is 10.0 Å². The highest BCUT2D eigenvalue weighted by atomic mass is 35.5. The lowest BCUT2D eigenvalue weighted by molar-refractivity contribution is -0.140. The Labute approximate surface area is 252 Å². The first-order valence-electron chi connectivity index (χ1n) is 13.1. The Morgan fingerprint density at radius 1 is 0.976 bits per heavy atom. The number of nitrogens with zero attached hydrogens (tertiary/aromatic N) is 2. The molecule has 0 saturated heterocycles. The van der Waals surface area contributed by atoms with Crippen LogP contribution in [0.3, 0.4) is 0 Å². The second-order valence-electron chi connectivity index (χ2n) is 9.86. The average molecular weight is 621 g/mol. The number of carbonyl (C=O) groups excluding carboxylic acids is 2. The smallest absolute Gasteiger partial charge is 0.264 e. The summed E-state index contributed by atoms with van der Waals surface area (Å²) in [6, 6.07) is 16.9. The van der Waals surface area contributed by atoms with Crippen LogP contribution in [0.4, 0.5) is 5.69 Å². The third-order valence-electron chi connectivity index (χ3n) is 6.37. The zero-order chi connectivity index (χ0) is 30.3. The van der Waals surface area contributed by atoms with Gasteiger partial charge in [-0.2, -0.15) is 0 Å². The van der Waals surface area contributed by atoms with Crippen LogP contribution in [0.15, 0.2) is 71.6 Å². The van der Waals surface area contributed by atoms with Gasteiger partial charge in [-0.25, -0.2) is 8.42 Å². The molecule has 0 aliphatic carbocycles. The fourth-order valence-corrected chi connectivity index (χ4v) is 6.12. The molecular weight excluding hydrogens is 585 g/mol. The van der Waals surface area contributed by atoms with Gasteiger partial charge in [-0.3, -0.25) is 13.9 Å². The van der Waals surface area contributed by atoms with Gasteiger partial charge in [0.15, 0.2) is 0 Å². The molecule has 2 amide bonds. The lowest BCUT2D eigenvalue weighted by Gasteiger charge is -2.34. The van der Waals surface area contributed by atoms with E-state index >= 15 is 0 Å². The fraction of sp³-hybridized carbons (Fsp3) is 0.333. The summed E-state index contributed by atoms with van der Waals surface area (Å²) >= 11 is 12.3. The quantitative estimate of drug-likeness (QED) is 0.275. The standard InChI is InChI=1S/C30H35Cl2N3O5S/c1-6-26(30(37)33-20(2)3)34(18-22-13-14-24(31)25(32)17-22)29(36)19-35(27-16-21(4)12-15-28(27)40-5)41(38,39)23-10-8-7-9-11-23/h7-17,20,26H,6,18-19H2,1-5H3,(H,33,37)/t26-/m0/s1. The van der Waals surface area contributed by atoms with Crippen LogP contribution >= 0.6 is 23.2 Å². The molecule has 3 aromatic rings. The summed E-state index contributed by atoms with van der Waals surface area (Å²) in [4.78, 5) is 28.8. The summed E-state index contributed by atoms with van der Waals surface area (Å²) in [6.45, 7) is 6.69. The zero-order valence-corrected chi connectivity index (χ0v) is 26.1. The van der Waals surface area contributed by atoms with Crippen molar-refractivity contribution in [1.29, 1.82) is 0 Å². The van der Waals surface area contributed by atoms with E-state index in [1.54, 1.807) is 61.5 Å². The molecule has 0 radical (unpaired) electrons. The first-order chi connectivity index (χ1) is 19.4. The van der Waals surface area contributed by atoms with Crippen LogP contribution in [-0.2, 0) is 26.2 Å². The van der Waals surface area contributed by atoms with E-state index in [4.69, 9.17) is 27.9 Å². The maximum atomic E-state index is 14.2. The highest BCUT2D eigenvalue weighted by Gasteiger charge is 2.35. The number of anilines is 1. The molecule has 0 saturated carbocycles. The van der Waals surface area contributed by atoms with Gasteiger partial charge >= 0.3 is 0 Å². The van der Waals surface area contributed by atoms with E-state index in [-0.39, 0.29) is 34.8 Å². The summed E-state index contributed by atoms with van der Waals surface area (Å²) < 4.78 is 34.6. The van der Waals surface area contributed by atoms with Gasteiger partial charge in [0.25, 0.3) is 10.0 Å². The average Bonchev–Trinajstić information content (AvgIpc) is 2.93. The number of aryl methyl sites for hydroxylation is 1. The molecule has 1 atom stereocenters. The van der Waals surface area contributed by atoms with Gasteiger partial charge in [-0.05, 0) is 74.7 Å². The van der Waals surface area contributed by atoms with Gasteiger partial charge < -0.3 is 15.0 Å². The minimum Gasteiger partial charge on any atom is -0.495 e. The Hall–Kier alpha value is -3.27. The van der Waals surface area contributed by atoms with Crippen molar-refractivity contribution in [2.24, 2.45) is 0 Å². The third-order valence-corrected chi connectivity index (χ3v) is 8.88. The van der Waals surface area contributed by atoms with Crippen LogP contribution in [-0.4, -0.2) is 50.9 Å². The normalized spacial score (nSPS) is 12.1. The van der Waals surface area contributed by atoms with Gasteiger partial charge in [0.1, 0.15) is 18.3 Å².